The molecule has 8 aromatic rings. The van der Waals surface area contributed by atoms with Crippen LogP contribution in [0.2, 0.25) is 0 Å². The summed E-state index contributed by atoms with van der Waals surface area (Å²) < 4.78 is 101. The van der Waals surface area contributed by atoms with E-state index in [0.29, 0.717) is 75.0 Å². The van der Waals surface area contributed by atoms with Gasteiger partial charge in [0, 0.05) is 30.7 Å². The van der Waals surface area contributed by atoms with Gasteiger partial charge >= 0.3 is 27.4 Å². The number of esters is 2. The number of hydrogen-bond donors (Lipinski definition) is 8. The number of carbonyl (C=O) groups is 2. The summed E-state index contributed by atoms with van der Waals surface area (Å²) in [5, 5.41) is 56.8. The number of ether oxygens (including phenoxy) is 8. The summed E-state index contributed by atoms with van der Waals surface area (Å²) >= 11 is 0. The van der Waals surface area contributed by atoms with Crippen LogP contribution in [0.5, 0.6) is 23.3 Å². The minimum Gasteiger partial charge on any atom is -0.476 e. The van der Waals surface area contributed by atoms with Gasteiger partial charge in [-0.25, -0.2) is 19.1 Å². The highest BCUT2D eigenvalue weighted by atomic mass is 31.2. The van der Waals surface area contributed by atoms with Crippen LogP contribution in [0.15, 0.2) is 148 Å². The minimum atomic E-state index is -4.42. The summed E-state index contributed by atoms with van der Waals surface area (Å²) in [7, 11) is -7.18. The van der Waals surface area contributed by atoms with E-state index in [-0.39, 0.29) is 71.8 Å². The molecule has 2 aliphatic rings. The van der Waals surface area contributed by atoms with Crippen molar-refractivity contribution in [2.45, 2.75) is 114 Å². The van der Waals surface area contributed by atoms with Crippen molar-refractivity contribution in [1.29, 1.82) is 0 Å². The van der Waals surface area contributed by atoms with Crippen molar-refractivity contribution in [3.05, 3.63) is 148 Å². The Kier molecular flexibility index (Phi) is 27.4. The maximum absolute atomic E-state index is 14.5. The van der Waals surface area contributed by atoms with Gasteiger partial charge in [-0.05, 0) is 63.4 Å². The molecule has 0 amide bonds. The van der Waals surface area contributed by atoms with Crippen LogP contribution in [0.4, 0.5) is 11.9 Å². The van der Waals surface area contributed by atoms with Crippen molar-refractivity contribution in [2.75, 3.05) is 84.2 Å². The lowest BCUT2D eigenvalue weighted by Crippen LogP contribution is -2.44. The van der Waals surface area contributed by atoms with E-state index in [2.05, 4.69) is 71.7 Å². The van der Waals surface area contributed by atoms with Crippen LogP contribution in [-0.4, -0.2) is 192 Å². The highest BCUT2D eigenvalue weighted by Gasteiger charge is 2.56. The molecule has 2 saturated heterocycles. The van der Waals surface area contributed by atoms with Crippen LogP contribution in [-0.2, 0) is 56.2 Å². The molecule has 4 aromatic heterocycles. The smallest absolute Gasteiger partial charge is 0.459 e. The summed E-state index contributed by atoms with van der Waals surface area (Å²) in [6.45, 7) is 21.3. The lowest BCUT2D eigenvalue weighted by atomic mass is 9.96. The monoisotopic (exact) mass is 1470 g/mol. The average molecular weight is 1470 g/mol. The van der Waals surface area contributed by atoms with Gasteiger partial charge in [0.15, 0.2) is 34.8 Å². The Morgan fingerprint density at radius 1 is 0.612 bits per heavy atom. The molecule has 10 rings (SSSR count). The van der Waals surface area contributed by atoms with E-state index in [9.17, 15) is 39.1 Å². The quantitative estimate of drug-likeness (QED) is 0.00779. The number of nitrogens with zero attached hydrogens (tertiary/aromatic N) is 8. The number of nitrogen functional groups attached to an aromatic ring is 1. The van der Waals surface area contributed by atoms with Crippen LogP contribution in [0, 0.1) is 0 Å². The van der Waals surface area contributed by atoms with Crippen molar-refractivity contribution in [2.24, 2.45) is 0 Å². The van der Waals surface area contributed by atoms with Crippen LogP contribution < -0.4 is 39.7 Å². The number of nitrogens with one attached hydrogen (secondary N) is 3. The van der Waals surface area contributed by atoms with E-state index in [1.807, 2.05) is 36.4 Å². The first kappa shape index (κ1) is 78.3. The van der Waals surface area contributed by atoms with Crippen molar-refractivity contribution < 1.29 is 95.1 Å². The summed E-state index contributed by atoms with van der Waals surface area (Å²) in [6.07, 6.45) is 3.35. The number of benzene rings is 4. The summed E-state index contributed by atoms with van der Waals surface area (Å²) in [5.74, 6) is -0.504. The Hall–Kier alpha value is -8.82. The number of aromatic nitrogens is 8. The molecule has 103 heavy (non-hydrogen) atoms. The predicted octanol–water partition coefficient (Wildman–Crippen LogP) is 8.15. The molecule has 0 saturated carbocycles. The molecule has 0 radical (unpaired) electrons. The largest absolute Gasteiger partial charge is 0.476 e. The molecule has 0 spiro atoms. The number of aliphatic hydroxyl groups is 4. The maximum atomic E-state index is 14.5. The van der Waals surface area contributed by atoms with Crippen LogP contribution >= 0.6 is 15.5 Å². The Balaban J connectivity index is 0.000000239. The summed E-state index contributed by atoms with van der Waals surface area (Å²) in [5.41, 5.74) is 3.13. The number of hydrogen-bond acceptors (Lipinski definition) is 28. The zero-order valence-corrected chi connectivity index (χ0v) is 59.6. The maximum Gasteiger partial charge on any atom is 0.459 e. The first-order chi connectivity index (χ1) is 49.5. The van der Waals surface area contributed by atoms with Crippen LogP contribution in [0.1, 0.15) is 65.8 Å². The molecule has 0 bridgehead atoms. The average Bonchev–Trinajstić information content (AvgIpc) is 1.60. The number of nitrogens with two attached hydrogens (primary N) is 1. The van der Waals surface area contributed by atoms with E-state index < -0.39 is 101 Å². The predicted molar refractivity (Wildman–Crippen MR) is 381 cm³/mol. The molecule has 2 aliphatic heterocycles. The first-order valence-corrected chi connectivity index (χ1v) is 36.2. The number of imidazole rings is 2. The second kappa shape index (κ2) is 36.1. The lowest BCUT2D eigenvalue weighted by molar-refractivity contribution is -0.146. The molecule has 32 nitrogen and oxygen atoms in total. The van der Waals surface area contributed by atoms with Gasteiger partial charge in [0.05, 0.1) is 78.7 Å². The van der Waals surface area contributed by atoms with E-state index in [1.165, 1.54) is 49.5 Å². The third-order valence-corrected chi connectivity index (χ3v) is 19.4. The molecule has 6 unspecified atom stereocenters. The molecular formula is C69H88N12O20P2. The summed E-state index contributed by atoms with van der Waals surface area (Å²) in [6, 6.07) is 22.7. The van der Waals surface area contributed by atoms with E-state index in [0.717, 1.165) is 10.8 Å². The molecular weight excluding hydrogens is 1380 g/mol. The summed E-state index contributed by atoms with van der Waals surface area (Å²) in [4.78, 5) is 51.7. The van der Waals surface area contributed by atoms with Crippen molar-refractivity contribution in [3.63, 3.8) is 0 Å². The zero-order valence-electron chi connectivity index (χ0n) is 57.8. The number of carbonyl (C=O) groups excluding carboxylic acids is 2. The van der Waals surface area contributed by atoms with Crippen molar-refractivity contribution in [1.82, 2.24) is 49.2 Å². The Morgan fingerprint density at radius 3 is 1.48 bits per heavy atom. The molecule has 2 fully saturated rings. The third kappa shape index (κ3) is 19.5. The topological polar surface area (TPSA) is 409 Å². The molecule has 0 aliphatic carbocycles. The van der Waals surface area contributed by atoms with Gasteiger partial charge in [-0.15, -0.1) is 26.3 Å². The van der Waals surface area contributed by atoms with E-state index >= 15 is 0 Å². The second-order valence-corrected chi connectivity index (χ2v) is 27.5. The zero-order chi connectivity index (χ0) is 73.9. The number of anilines is 2. The Morgan fingerprint density at radius 2 is 1.04 bits per heavy atom. The van der Waals surface area contributed by atoms with Crippen molar-refractivity contribution >= 4 is 83.2 Å². The number of rotatable bonds is 39. The molecule has 12 atom stereocenters. The van der Waals surface area contributed by atoms with Gasteiger partial charge in [0.25, 0.3) is 0 Å². The highest BCUT2D eigenvalue weighted by Crippen LogP contribution is 2.51. The molecule has 6 heterocycles. The molecule has 9 N–H and O–H groups in total. The SMILES string of the molecule is C=CCCOc1nc(N)nc2c1ncn2C1OC(COP(=O)(N[C@@H](C)C(=O)OCCCOCC=C)Oc2cccc3ccccc23)[C@@H](O)[C@@]1(C)O.C=CCCOc1nc(NC)nc2c1ncn2C1OC(COP(=O)(N[C@@H](C)C(=O)OCCCOCC=C)Oc2cccc3ccccc23)[C@@H](O)[C@@]1(C)O. The Bertz CT molecular complexity index is 4320. The minimum absolute atomic E-state index is 0.0673. The highest BCUT2D eigenvalue weighted by molar-refractivity contribution is 7.52. The fourth-order valence-electron chi connectivity index (χ4n) is 10.9. The molecule has 554 valence electrons. The van der Waals surface area contributed by atoms with Gasteiger partial charge in [-0.3, -0.25) is 27.8 Å². The lowest BCUT2D eigenvalue weighted by Gasteiger charge is -2.27. The molecule has 34 heteroatoms. The van der Waals surface area contributed by atoms with Gasteiger partial charge in [0.2, 0.25) is 23.7 Å². The third-order valence-electron chi connectivity index (χ3n) is 16.1. The van der Waals surface area contributed by atoms with Gasteiger partial charge in [0.1, 0.15) is 59.2 Å². The van der Waals surface area contributed by atoms with Gasteiger partial charge in [-0.1, -0.05) is 97.1 Å². The van der Waals surface area contributed by atoms with Gasteiger partial charge in [-0.2, -0.15) is 30.1 Å². The first-order valence-electron chi connectivity index (χ1n) is 33.1. The Labute approximate surface area is 594 Å². The number of fused-ring (bicyclic) bond motifs is 4. The second-order valence-electron chi connectivity index (χ2n) is 24.1. The van der Waals surface area contributed by atoms with Gasteiger partial charge < -0.3 is 78.4 Å². The fraction of sp³-hybridized carbons (Fsp3) is 0.420. The molecule has 4 aromatic carbocycles. The van der Waals surface area contributed by atoms with E-state index in [1.54, 1.807) is 79.9 Å². The van der Waals surface area contributed by atoms with Crippen LogP contribution in [0.3, 0.4) is 0 Å². The van der Waals surface area contributed by atoms with Crippen molar-refractivity contribution in [3.8, 4) is 23.3 Å². The standard InChI is InChI=1S/C35H45N6O10P.C34H43N6O10P/c1-6-8-19-47-31-28-30(38-34(36-5)39-31)41(22-37-28)33-35(4,44)29(42)27(50-33)21-49-52(45,40-23(3)32(43)48-20-12-18-46-17-7-2)51-26-16-11-14-24-13-9-10-15-25(24)26;1-5-7-18-46-30-27-29(37-33(35)38-30)40(21-36-27)32-34(4,43)28(41)26(49-32)20-48-51(44,39-22(3)31(42)47-19-11-17-45-16-6-2)50-25-15-10-13-23-12-8-9-14-24(23)25/h6-7,9-11,13-16,22-23,27,29,33,42,44H,1-2,8,12,17-21H2,3-5H3,(H,40,45)(H,36,38,39);5-6,8-10,12-15,21-22,26,28,32,41,43H,1-2,7,11,16-20H2,3-4H3,(H,39,44)(H2,35,37,38)/t23-,27?,29+,33?,35+,52?;22-,26?,28+,32?,34+,51?/m00/s1. The fourth-order valence-corrected chi connectivity index (χ4v) is 13.9. The van der Waals surface area contributed by atoms with Crippen LogP contribution in [0.25, 0.3) is 43.9 Å². The van der Waals surface area contributed by atoms with E-state index in [4.69, 9.17) is 61.7 Å². The normalized spacial score (nSPS) is 21.9. The number of aliphatic hydroxyl groups excluding tert-OH is 2.